The van der Waals surface area contributed by atoms with Crippen molar-refractivity contribution >= 4 is 45.3 Å². The molecule has 144 valence electrons. The SMILES string of the molecule is COC(=O)c1cc(Cc2ccccc2)sc1NC(=S)Nc1cc(C)cc(C)c1. The molecule has 2 N–H and O–H groups in total. The van der Waals surface area contributed by atoms with Crippen molar-refractivity contribution < 1.29 is 9.53 Å². The van der Waals surface area contributed by atoms with Gasteiger partial charge in [-0.05, 0) is 61.0 Å². The smallest absolute Gasteiger partial charge is 0.340 e. The third-order valence-electron chi connectivity index (χ3n) is 4.12. The monoisotopic (exact) mass is 410 g/mol. The highest BCUT2D eigenvalue weighted by Gasteiger charge is 2.18. The molecule has 1 aromatic heterocycles. The first-order chi connectivity index (χ1) is 13.4. The molecule has 0 aliphatic heterocycles. The van der Waals surface area contributed by atoms with Crippen molar-refractivity contribution in [2.45, 2.75) is 20.3 Å². The number of thiophene rings is 1. The van der Waals surface area contributed by atoms with E-state index in [-0.39, 0.29) is 5.97 Å². The lowest BCUT2D eigenvalue weighted by molar-refractivity contribution is 0.0602. The van der Waals surface area contributed by atoms with E-state index in [4.69, 9.17) is 17.0 Å². The van der Waals surface area contributed by atoms with Crippen LogP contribution in [0.5, 0.6) is 0 Å². The summed E-state index contributed by atoms with van der Waals surface area (Å²) in [5.41, 5.74) is 4.89. The first kappa shape index (κ1) is 20.0. The molecule has 6 heteroatoms. The maximum Gasteiger partial charge on any atom is 0.340 e. The van der Waals surface area contributed by atoms with E-state index in [0.29, 0.717) is 15.7 Å². The van der Waals surface area contributed by atoms with E-state index in [1.165, 1.54) is 24.0 Å². The Morgan fingerprint density at radius 2 is 1.71 bits per heavy atom. The van der Waals surface area contributed by atoms with Crippen molar-refractivity contribution in [3.05, 3.63) is 81.7 Å². The third kappa shape index (κ3) is 5.18. The Hall–Kier alpha value is -2.70. The lowest BCUT2D eigenvalue weighted by Crippen LogP contribution is -2.20. The molecule has 0 aliphatic carbocycles. The molecule has 0 bridgehead atoms. The fraction of sp³-hybridized carbons (Fsp3) is 0.182. The van der Waals surface area contributed by atoms with Gasteiger partial charge in [0.25, 0.3) is 0 Å². The van der Waals surface area contributed by atoms with E-state index in [0.717, 1.165) is 28.1 Å². The summed E-state index contributed by atoms with van der Waals surface area (Å²) in [5, 5.41) is 7.46. The van der Waals surface area contributed by atoms with Crippen molar-refractivity contribution in [3.8, 4) is 0 Å². The van der Waals surface area contributed by atoms with Gasteiger partial charge < -0.3 is 15.4 Å². The number of aryl methyl sites for hydroxylation is 2. The average Bonchev–Trinajstić information content (AvgIpc) is 3.03. The highest BCUT2D eigenvalue weighted by atomic mass is 32.1. The molecule has 3 aromatic rings. The minimum atomic E-state index is -0.382. The predicted octanol–water partition coefficient (Wildman–Crippen LogP) is 5.55. The first-order valence-corrected chi connectivity index (χ1v) is 10.1. The van der Waals surface area contributed by atoms with Gasteiger partial charge in [-0.3, -0.25) is 0 Å². The summed E-state index contributed by atoms with van der Waals surface area (Å²) in [4.78, 5) is 13.3. The molecule has 0 aliphatic rings. The Kier molecular flexibility index (Phi) is 6.44. The van der Waals surface area contributed by atoms with Crippen LogP contribution in [0.15, 0.2) is 54.6 Å². The van der Waals surface area contributed by atoms with Crippen LogP contribution in [0.1, 0.15) is 31.9 Å². The predicted molar refractivity (Wildman–Crippen MR) is 121 cm³/mol. The summed E-state index contributed by atoms with van der Waals surface area (Å²) in [5.74, 6) is -0.382. The van der Waals surface area contributed by atoms with E-state index in [2.05, 4.69) is 28.8 Å². The van der Waals surface area contributed by atoms with E-state index < -0.39 is 0 Å². The lowest BCUT2D eigenvalue weighted by Gasteiger charge is -2.11. The van der Waals surface area contributed by atoms with Crippen LogP contribution in [-0.2, 0) is 11.2 Å². The van der Waals surface area contributed by atoms with Gasteiger partial charge in [0, 0.05) is 17.0 Å². The number of carbonyl (C=O) groups excluding carboxylic acids is 1. The largest absolute Gasteiger partial charge is 0.465 e. The van der Waals surface area contributed by atoms with Crippen LogP contribution in [0, 0.1) is 13.8 Å². The molecule has 0 amide bonds. The van der Waals surface area contributed by atoms with Crippen LogP contribution in [-0.4, -0.2) is 18.2 Å². The Morgan fingerprint density at radius 1 is 1.04 bits per heavy atom. The molecule has 3 rings (SSSR count). The maximum atomic E-state index is 12.2. The molecule has 4 nitrogen and oxygen atoms in total. The van der Waals surface area contributed by atoms with Crippen LogP contribution in [0.4, 0.5) is 10.7 Å². The zero-order chi connectivity index (χ0) is 20.1. The molecule has 0 saturated heterocycles. The van der Waals surface area contributed by atoms with Crippen LogP contribution in [0.2, 0.25) is 0 Å². The van der Waals surface area contributed by atoms with Gasteiger partial charge in [-0.25, -0.2) is 4.79 Å². The van der Waals surface area contributed by atoms with Gasteiger partial charge >= 0.3 is 5.97 Å². The summed E-state index contributed by atoms with van der Waals surface area (Å²) in [6.45, 7) is 4.08. The molecule has 0 radical (unpaired) electrons. The number of nitrogens with one attached hydrogen (secondary N) is 2. The van der Waals surface area contributed by atoms with Crippen molar-refractivity contribution in [2.75, 3.05) is 17.7 Å². The average molecular weight is 411 g/mol. The van der Waals surface area contributed by atoms with E-state index in [1.54, 1.807) is 0 Å². The third-order valence-corrected chi connectivity index (χ3v) is 5.37. The number of rotatable bonds is 5. The minimum absolute atomic E-state index is 0.382. The summed E-state index contributed by atoms with van der Waals surface area (Å²) >= 11 is 6.96. The van der Waals surface area contributed by atoms with Gasteiger partial charge in [-0.2, -0.15) is 0 Å². The fourth-order valence-electron chi connectivity index (χ4n) is 2.99. The molecule has 0 fully saturated rings. The summed E-state index contributed by atoms with van der Waals surface area (Å²) in [6.07, 6.45) is 0.744. The van der Waals surface area contributed by atoms with Crippen LogP contribution >= 0.6 is 23.6 Å². The Morgan fingerprint density at radius 3 is 2.36 bits per heavy atom. The number of hydrogen-bond acceptors (Lipinski definition) is 4. The molecule has 1 heterocycles. The van der Waals surface area contributed by atoms with E-state index in [1.807, 2.05) is 50.2 Å². The second-order valence-electron chi connectivity index (χ2n) is 6.56. The van der Waals surface area contributed by atoms with Crippen molar-refractivity contribution in [1.82, 2.24) is 0 Å². The second-order valence-corrected chi connectivity index (χ2v) is 8.11. The van der Waals surface area contributed by atoms with Gasteiger partial charge in [0.15, 0.2) is 5.11 Å². The standard InChI is InChI=1S/C22H22N2O2S2/c1-14-9-15(2)11-17(10-14)23-22(27)24-20-19(21(25)26-3)13-18(28-20)12-16-7-5-4-6-8-16/h4-11,13H,12H2,1-3H3,(H2,23,24,27). The van der Waals surface area contributed by atoms with Crippen LogP contribution < -0.4 is 10.6 Å². The number of esters is 1. The van der Waals surface area contributed by atoms with E-state index >= 15 is 0 Å². The molecule has 0 unspecified atom stereocenters. The molecule has 0 spiro atoms. The van der Waals surface area contributed by atoms with Crippen molar-refractivity contribution in [2.24, 2.45) is 0 Å². The van der Waals surface area contributed by atoms with E-state index in [9.17, 15) is 4.79 Å². The lowest BCUT2D eigenvalue weighted by atomic mass is 10.1. The Labute approximate surface area is 174 Å². The number of benzene rings is 2. The summed E-state index contributed by atoms with van der Waals surface area (Å²) in [6, 6.07) is 18.2. The first-order valence-electron chi connectivity index (χ1n) is 8.86. The maximum absolute atomic E-state index is 12.2. The fourth-order valence-corrected chi connectivity index (χ4v) is 4.36. The Bertz CT molecular complexity index is 977. The quantitative estimate of drug-likeness (QED) is 0.426. The van der Waals surface area contributed by atoms with Crippen LogP contribution in [0.25, 0.3) is 0 Å². The molecule has 0 saturated carbocycles. The number of ether oxygens (including phenoxy) is 1. The minimum Gasteiger partial charge on any atom is -0.465 e. The zero-order valence-electron chi connectivity index (χ0n) is 16.0. The van der Waals surface area contributed by atoms with Gasteiger partial charge in [0.1, 0.15) is 5.00 Å². The molecule has 2 aromatic carbocycles. The van der Waals surface area contributed by atoms with Gasteiger partial charge in [-0.15, -0.1) is 11.3 Å². The molecule has 28 heavy (non-hydrogen) atoms. The number of methoxy groups -OCH3 is 1. The van der Waals surface area contributed by atoms with Gasteiger partial charge in [-0.1, -0.05) is 36.4 Å². The number of thiocarbonyl (C=S) groups is 1. The van der Waals surface area contributed by atoms with Crippen LogP contribution in [0.3, 0.4) is 0 Å². The van der Waals surface area contributed by atoms with Gasteiger partial charge in [0.2, 0.25) is 0 Å². The number of anilines is 2. The highest BCUT2D eigenvalue weighted by Crippen LogP contribution is 2.31. The highest BCUT2D eigenvalue weighted by molar-refractivity contribution is 7.80. The van der Waals surface area contributed by atoms with Crippen molar-refractivity contribution in [3.63, 3.8) is 0 Å². The second kappa shape index (κ2) is 8.99. The number of carbonyl (C=O) groups is 1. The molecule has 0 atom stereocenters. The summed E-state index contributed by atoms with van der Waals surface area (Å²) in [7, 11) is 1.38. The van der Waals surface area contributed by atoms with Gasteiger partial charge in [0.05, 0.1) is 12.7 Å². The normalized spacial score (nSPS) is 10.4. The summed E-state index contributed by atoms with van der Waals surface area (Å²) < 4.78 is 4.94. The van der Waals surface area contributed by atoms with Crippen molar-refractivity contribution in [1.29, 1.82) is 0 Å². The zero-order valence-corrected chi connectivity index (χ0v) is 17.7. The topological polar surface area (TPSA) is 50.4 Å². The Balaban J connectivity index is 1.79. The molecular weight excluding hydrogens is 388 g/mol. The number of hydrogen-bond donors (Lipinski definition) is 2. The molecular formula is C22H22N2O2S2.